The molecule has 0 amide bonds. The molecule has 0 saturated carbocycles. The molecule has 1 heterocycles. The van der Waals surface area contributed by atoms with Crippen LogP contribution >= 0.6 is 0 Å². The number of aryl methyl sites for hydroxylation is 1. The van der Waals surface area contributed by atoms with Gasteiger partial charge in [0.05, 0.1) is 24.5 Å². The molecule has 0 aliphatic rings. The van der Waals surface area contributed by atoms with Gasteiger partial charge in [0, 0.05) is 6.54 Å². The maximum absolute atomic E-state index is 12.3. The van der Waals surface area contributed by atoms with E-state index in [9.17, 15) is 8.78 Å². The number of aliphatic hydroxyl groups excluding tert-OH is 1. The number of pyridine rings is 1. The number of nitrogens with zero attached hydrogens (tertiary/aromatic N) is 2. The summed E-state index contributed by atoms with van der Waals surface area (Å²) in [6.07, 6.45) is -2.47. The van der Waals surface area contributed by atoms with E-state index in [0.717, 1.165) is 0 Å². The van der Waals surface area contributed by atoms with Gasteiger partial charge in [-0.25, -0.2) is 13.8 Å². The van der Waals surface area contributed by atoms with Crippen LogP contribution in [0.25, 0.3) is 0 Å². The lowest BCUT2D eigenvalue weighted by Crippen LogP contribution is -2.32. The van der Waals surface area contributed by atoms with Crippen molar-refractivity contribution >= 4 is 11.5 Å². The highest BCUT2D eigenvalue weighted by Crippen LogP contribution is 2.16. The van der Waals surface area contributed by atoms with Crippen LogP contribution in [0.4, 0.5) is 20.3 Å². The third-order valence-electron chi connectivity index (χ3n) is 2.16. The van der Waals surface area contributed by atoms with E-state index in [2.05, 4.69) is 4.98 Å². The highest BCUT2D eigenvalue weighted by atomic mass is 19.3. The number of aliphatic hydroxyl groups is 1. The molecule has 1 rings (SSSR count). The number of halogens is 2. The fraction of sp³-hybridized carbons (Fsp3) is 0.500. The lowest BCUT2D eigenvalue weighted by atomic mass is 10.3. The van der Waals surface area contributed by atoms with Crippen molar-refractivity contribution in [2.24, 2.45) is 0 Å². The summed E-state index contributed by atoms with van der Waals surface area (Å²) in [6.45, 7) is 1.19. The minimum atomic E-state index is -2.47. The molecule has 0 aliphatic heterocycles. The van der Waals surface area contributed by atoms with E-state index in [-0.39, 0.29) is 13.2 Å². The van der Waals surface area contributed by atoms with Crippen LogP contribution in [0.15, 0.2) is 12.1 Å². The number of hydrogen-bond donors (Lipinski definition) is 2. The third-order valence-corrected chi connectivity index (χ3v) is 2.16. The number of hydrogen-bond acceptors (Lipinski definition) is 4. The van der Waals surface area contributed by atoms with Gasteiger partial charge < -0.3 is 15.7 Å². The standard InChI is InChI=1S/C10H15F2N3O/c1-7-8(13)2-3-10(14-7)15(4-5-16)6-9(11)12/h2-3,9,16H,4-6,13H2,1H3. The highest BCUT2D eigenvalue weighted by Gasteiger charge is 2.13. The average Bonchev–Trinajstić information content (AvgIpc) is 2.21. The van der Waals surface area contributed by atoms with Crippen molar-refractivity contribution in [3.8, 4) is 0 Å². The first-order chi connectivity index (χ1) is 7.54. The van der Waals surface area contributed by atoms with Crippen LogP contribution in [0.1, 0.15) is 5.69 Å². The summed E-state index contributed by atoms with van der Waals surface area (Å²) in [6, 6.07) is 3.19. The molecule has 6 heteroatoms. The van der Waals surface area contributed by atoms with E-state index >= 15 is 0 Å². The van der Waals surface area contributed by atoms with Gasteiger partial charge in [0.15, 0.2) is 0 Å². The van der Waals surface area contributed by atoms with Gasteiger partial charge in [0.25, 0.3) is 6.43 Å². The minimum Gasteiger partial charge on any atom is -0.397 e. The van der Waals surface area contributed by atoms with Gasteiger partial charge in [-0.3, -0.25) is 0 Å². The van der Waals surface area contributed by atoms with Crippen LogP contribution in [0.3, 0.4) is 0 Å². The zero-order valence-corrected chi connectivity index (χ0v) is 9.03. The van der Waals surface area contributed by atoms with Crippen LogP contribution in [0.5, 0.6) is 0 Å². The Bertz CT molecular complexity index is 347. The zero-order valence-electron chi connectivity index (χ0n) is 9.03. The predicted octanol–water partition coefficient (Wildman–Crippen LogP) is 1.04. The van der Waals surface area contributed by atoms with E-state index in [1.165, 1.54) is 4.90 Å². The van der Waals surface area contributed by atoms with Crippen molar-refractivity contribution in [2.45, 2.75) is 13.3 Å². The van der Waals surface area contributed by atoms with Crippen LogP contribution in [0.2, 0.25) is 0 Å². The maximum atomic E-state index is 12.3. The lowest BCUT2D eigenvalue weighted by Gasteiger charge is -2.22. The number of aromatic nitrogens is 1. The van der Waals surface area contributed by atoms with Crippen molar-refractivity contribution < 1.29 is 13.9 Å². The Balaban J connectivity index is 2.87. The Morgan fingerprint density at radius 2 is 2.19 bits per heavy atom. The van der Waals surface area contributed by atoms with Crippen molar-refractivity contribution in [3.63, 3.8) is 0 Å². The Morgan fingerprint density at radius 3 is 2.69 bits per heavy atom. The summed E-state index contributed by atoms with van der Waals surface area (Å²) in [5.74, 6) is 0.404. The van der Waals surface area contributed by atoms with Gasteiger partial charge in [0.1, 0.15) is 5.82 Å². The largest absolute Gasteiger partial charge is 0.397 e. The Labute approximate surface area is 92.7 Å². The van der Waals surface area contributed by atoms with Crippen molar-refractivity contribution in [3.05, 3.63) is 17.8 Å². The molecule has 1 aromatic heterocycles. The fourth-order valence-corrected chi connectivity index (χ4v) is 1.32. The molecule has 16 heavy (non-hydrogen) atoms. The molecular formula is C10H15F2N3O. The molecule has 0 atom stereocenters. The molecule has 0 aromatic carbocycles. The number of anilines is 2. The maximum Gasteiger partial charge on any atom is 0.255 e. The Kier molecular flexibility index (Phi) is 4.42. The summed E-state index contributed by atoms with van der Waals surface area (Å²) >= 11 is 0. The predicted molar refractivity (Wildman–Crippen MR) is 58.7 cm³/mol. The van der Waals surface area contributed by atoms with Crippen LogP contribution < -0.4 is 10.6 Å². The number of rotatable bonds is 5. The smallest absolute Gasteiger partial charge is 0.255 e. The first kappa shape index (κ1) is 12.6. The molecule has 0 bridgehead atoms. The lowest BCUT2D eigenvalue weighted by molar-refractivity contribution is 0.152. The van der Waals surface area contributed by atoms with Crippen LogP contribution in [-0.4, -0.2) is 36.2 Å². The second-order valence-electron chi connectivity index (χ2n) is 3.40. The Hall–Kier alpha value is -1.43. The average molecular weight is 231 g/mol. The molecule has 0 saturated heterocycles. The molecule has 1 aromatic rings. The van der Waals surface area contributed by atoms with Crippen molar-refractivity contribution in [1.29, 1.82) is 0 Å². The molecule has 0 fully saturated rings. The summed E-state index contributed by atoms with van der Waals surface area (Å²) in [7, 11) is 0. The SMILES string of the molecule is Cc1nc(N(CCO)CC(F)F)ccc1N. The first-order valence-electron chi connectivity index (χ1n) is 4.91. The molecule has 90 valence electrons. The van der Waals surface area contributed by atoms with Gasteiger partial charge in [0.2, 0.25) is 0 Å². The van der Waals surface area contributed by atoms with E-state index < -0.39 is 13.0 Å². The molecule has 0 unspecified atom stereocenters. The van der Waals surface area contributed by atoms with Gasteiger partial charge in [-0.2, -0.15) is 0 Å². The molecule has 0 radical (unpaired) electrons. The normalized spacial score (nSPS) is 10.8. The molecule has 0 aliphatic carbocycles. The molecule has 3 N–H and O–H groups in total. The zero-order chi connectivity index (χ0) is 12.1. The molecular weight excluding hydrogens is 216 g/mol. The highest BCUT2D eigenvalue weighted by molar-refractivity contribution is 5.50. The molecule has 0 spiro atoms. The summed E-state index contributed by atoms with van der Waals surface area (Å²) in [5, 5.41) is 8.80. The summed E-state index contributed by atoms with van der Waals surface area (Å²) in [5.41, 5.74) is 6.70. The second kappa shape index (κ2) is 5.60. The Morgan fingerprint density at radius 1 is 1.50 bits per heavy atom. The fourth-order valence-electron chi connectivity index (χ4n) is 1.32. The number of alkyl halides is 2. The van der Waals surface area contributed by atoms with E-state index in [1.54, 1.807) is 19.1 Å². The van der Waals surface area contributed by atoms with Crippen LogP contribution in [0, 0.1) is 6.92 Å². The van der Waals surface area contributed by atoms with Gasteiger partial charge in [-0.05, 0) is 19.1 Å². The summed E-state index contributed by atoms with van der Waals surface area (Å²) < 4.78 is 24.6. The van der Waals surface area contributed by atoms with E-state index in [0.29, 0.717) is 17.2 Å². The first-order valence-corrected chi connectivity index (χ1v) is 4.91. The monoisotopic (exact) mass is 231 g/mol. The van der Waals surface area contributed by atoms with Gasteiger partial charge >= 0.3 is 0 Å². The minimum absolute atomic E-state index is 0.126. The third kappa shape index (κ3) is 3.30. The van der Waals surface area contributed by atoms with Gasteiger partial charge in [-0.15, -0.1) is 0 Å². The number of nitrogen functional groups attached to an aromatic ring is 1. The van der Waals surface area contributed by atoms with E-state index in [4.69, 9.17) is 10.8 Å². The van der Waals surface area contributed by atoms with E-state index in [1.807, 2.05) is 0 Å². The van der Waals surface area contributed by atoms with Crippen molar-refractivity contribution in [1.82, 2.24) is 4.98 Å². The van der Waals surface area contributed by atoms with Crippen LogP contribution in [-0.2, 0) is 0 Å². The topological polar surface area (TPSA) is 62.4 Å². The number of nitrogens with two attached hydrogens (primary N) is 1. The van der Waals surface area contributed by atoms with Gasteiger partial charge in [-0.1, -0.05) is 0 Å². The second-order valence-corrected chi connectivity index (χ2v) is 3.40. The molecule has 4 nitrogen and oxygen atoms in total. The van der Waals surface area contributed by atoms with Crippen molar-refractivity contribution in [2.75, 3.05) is 30.3 Å². The quantitative estimate of drug-likeness (QED) is 0.794. The summed E-state index contributed by atoms with van der Waals surface area (Å²) in [4.78, 5) is 5.43.